The minimum absolute atomic E-state index is 0.504. The Morgan fingerprint density at radius 1 is 1.07 bits per heavy atom. The van der Waals surface area contributed by atoms with Crippen LogP contribution in [0.4, 0.5) is 5.69 Å². The highest BCUT2D eigenvalue weighted by Gasteiger charge is 2.14. The van der Waals surface area contributed by atoms with Gasteiger partial charge in [0.15, 0.2) is 0 Å². The molecule has 8 heteroatoms. The molecular formula is C22H21BrN4O3. The number of ether oxygens (including phenoxy) is 1. The van der Waals surface area contributed by atoms with Crippen molar-refractivity contribution in [1.29, 1.82) is 0 Å². The lowest BCUT2D eigenvalue weighted by molar-refractivity contribution is -0.136. The maximum atomic E-state index is 12.0. The zero-order chi connectivity index (χ0) is 21.7. The molecule has 0 saturated heterocycles. The number of rotatable bonds is 5. The van der Waals surface area contributed by atoms with Crippen LogP contribution in [-0.4, -0.2) is 29.7 Å². The van der Waals surface area contributed by atoms with Gasteiger partial charge in [0.2, 0.25) is 0 Å². The molecule has 0 bridgehead atoms. The van der Waals surface area contributed by atoms with Crippen molar-refractivity contribution in [1.82, 2.24) is 9.99 Å². The SMILES string of the molecule is COc1ccc(-n2c(C)cc(/C=N\NC(=O)C(=O)Nc3ccccc3Br)c2C)cc1. The number of hydrogen-bond donors (Lipinski definition) is 2. The summed E-state index contributed by atoms with van der Waals surface area (Å²) in [5, 5.41) is 6.46. The summed E-state index contributed by atoms with van der Waals surface area (Å²) >= 11 is 3.32. The number of hydrazone groups is 1. The van der Waals surface area contributed by atoms with E-state index in [9.17, 15) is 9.59 Å². The average Bonchev–Trinajstić information content (AvgIpc) is 3.02. The fourth-order valence-corrected chi connectivity index (χ4v) is 3.38. The molecule has 1 aromatic heterocycles. The molecule has 1 heterocycles. The highest BCUT2D eigenvalue weighted by atomic mass is 79.9. The predicted octanol–water partition coefficient (Wildman–Crippen LogP) is 3.95. The Bertz CT molecular complexity index is 1100. The summed E-state index contributed by atoms with van der Waals surface area (Å²) in [5.74, 6) is -0.875. The quantitative estimate of drug-likeness (QED) is 0.337. The van der Waals surface area contributed by atoms with Gasteiger partial charge in [-0.15, -0.1) is 0 Å². The zero-order valence-electron chi connectivity index (χ0n) is 16.8. The number of aryl methyl sites for hydroxylation is 1. The first-order chi connectivity index (χ1) is 14.4. The van der Waals surface area contributed by atoms with Gasteiger partial charge in [-0.25, -0.2) is 5.43 Å². The molecule has 3 rings (SSSR count). The smallest absolute Gasteiger partial charge is 0.329 e. The molecule has 154 valence electrons. The van der Waals surface area contributed by atoms with Gasteiger partial charge in [-0.1, -0.05) is 12.1 Å². The van der Waals surface area contributed by atoms with E-state index in [2.05, 4.69) is 36.3 Å². The van der Waals surface area contributed by atoms with Gasteiger partial charge in [0.1, 0.15) is 5.75 Å². The molecule has 0 atom stereocenters. The van der Waals surface area contributed by atoms with Crippen LogP contribution >= 0.6 is 15.9 Å². The predicted molar refractivity (Wildman–Crippen MR) is 120 cm³/mol. The lowest BCUT2D eigenvalue weighted by Gasteiger charge is -2.10. The van der Waals surface area contributed by atoms with Crippen LogP contribution in [0.15, 0.2) is 64.2 Å². The number of aromatic nitrogens is 1. The van der Waals surface area contributed by atoms with Gasteiger partial charge in [0, 0.05) is 27.1 Å². The molecule has 0 fully saturated rings. The molecule has 0 aliphatic carbocycles. The first-order valence-electron chi connectivity index (χ1n) is 9.13. The number of carbonyl (C=O) groups excluding carboxylic acids is 2. The highest BCUT2D eigenvalue weighted by molar-refractivity contribution is 9.10. The second kappa shape index (κ2) is 9.41. The fourth-order valence-electron chi connectivity index (χ4n) is 3.00. The topological polar surface area (TPSA) is 84.7 Å². The molecule has 2 amide bonds. The molecule has 0 aliphatic rings. The number of carbonyl (C=O) groups is 2. The number of amides is 2. The number of anilines is 1. The molecule has 2 N–H and O–H groups in total. The summed E-state index contributed by atoms with van der Waals surface area (Å²) in [5.41, 5.74) is 6.54. The van der Waals surface area contributed by atoms with Crippen molar-refractivity contribution in [2.45, 2.75) is 13.8 Å². The molecule has 0 aliphatic heterocycles. The van der Waals surface area contributed by atoms with Crippen LogP contribution in [0.2, 0.25) is 0 Å². The Kier molecular flexibility index (Phi) is 6.68. The van der Waals surface area contributed by atoms with Crippen LogP contribution in [0.5, 0.6) is 5.75 Å². The molecule has 30 heavy (non-hydrogen) atoms. The Labute approximate surface area is 182 Å². The van der Waals surface area contributed by atoms with Gasteiger partial charge in [-0.2, -0.15) is 5.10 Å². The van der Waals surface area contributed by atoms with Crippen molar-refractivity contribution >= 4 is 39.6 Å². The number of benzene rings is 2. The Hall–Kier alpha value is -3.39. The molecule has 3 aromatic rings. The minimum Gasteiger partial charge on any atom is -0.497 e. The van der Waals surface area contributed by atoms with Crippen LogP contribution < -0.4 is 15.5 Å². The Morgan fingerprint density at radius 3 is 2.43 bits per heavy atom. The molecule has 7 nitrogen and oxygen atoms in total. The van der Waals surface area contributed by atoms with E-state index in [-0.39, 0.29) is 0 Å². The van der Waals surface area contributed by atoms with E-state index in [1.165, 1.54) is 6.21 Å². The maximum Gasteiger partial charge on any atom is 0.329 e. The second-order valence-corrected chi connectivity index (χ2v) is 7.35. The van der Waals surface area contributed by atoms with Crippen molar-refractivity contribution in [2.24, 2.45) is 5.10 Å². The van der Waals surface area contributed by atoms with Gasteiger partial charge in [0.05, 0.1) is 19.0 Å². The third-order valence-electron chi connectivity index (χ3n) is 4.50. The van der Waals surface area contributed by atoms with Crippen LogP contribution in [0.25, 0.3) is 5.69 Å². The number of halogens is 1. The van der Waals surface area contributed by atoms with E-state index in [1.54, 1.807) is 25.3 Å². The Balaban J connectivity index is 1.68. The van der Waals surface area contributed by atoms with Gasteiger partial charge < -0.3 is 14.6 Å². The summed E-state index contributed by atoms with van der Waals surface area (Å²) in [7, 11) is 1.63. The number of nitrogens with one attached hydrogen (secondary N) is 2. The minimum atomic E-state index is -0.856. The zero-order valence-corrected chi connectivity index (χ0v) is 18.4. The van der Waals surface area contributed by atoms with Crippen molar-refractivity contribution in [3.8, 4) is 11.4 Å². The highest BCUT2D eigenvalue weighted by Crippen LogP contribution is 2.22. The van der Waals surface area contributed by atoms with E-state index in [1.807, 2.05) is 50.2 Å². The van der Waals surface area contributed by atoms with Crippen LogP contribution in [0.3, 0.4) is 0 Å². The lowest BCUT2D eigenvalue weighted by atomic mass is 10.2. The summed E-state index contributed by atoms with van der Waals surface area (Å²) in [6.45, 7) is 3.94. The van der Waals surface area contributed by atoms with Crippen molar-refractivity contribution in [3.63, 3.8) is 0 Å². The van der Waals surface area contributed by atoms with Crippen molar-refractivity contribution < 1.29 is 14.3 Å². The van der Waals surface area contributed by atoms with Gasteiger partial charge >= 0.3 is 11.8 Å². The van der Waals surface area contributed by atoms with Gasteiger partial charge in [-0.05, 0) is 72.2 Å². The first kappa shape index (κ1) is 21.3. The van der Waals surface area contributed by atoms with Gasteiger partial charge in [0.25, 0.3) is 0 Å². The monoisotopic (exact) mass is 468 g/mol. The second-order valence-electron chi connectivity index (χ2n) is 6.49. The van der Waals surface area contributed by atoms with Crippen molar-refractivity contribution in [3.05, 3.63) is 76.0 Å². The third-order valence-corrected chi connectivity index (χ3v) is 5.19. The normalized spacial score (nSPS) is 10.8. The Morgan fingerprint density at radius 2 is 1.77 bits per heavy atom. The maximum absolute atomic E-state index is 12.0. The van der Waals surface area contributed by atoms with E-state index in [0.717, 1.165) is 28.4 Å². The molecule has 0 unspecified atom stereocenters. The third kappa shape index (κ3) is 4.77. The number of para-hydroxylation sites is 1. The largest absolute Gasteiger partial charge is 0.497 e. The molecule has 0 radical (unpaired) electrons. The number of hydrogen-bond acceptors (Lipinski definition) is 4. The molecule has 2 aromatic carbocycles. The molecular weight excluding hydrogens is 448 g/mol. The fraction of sp³-hybridized carbons (Fsp3) is 0.136. The molecule has 0 spiro atoms. The van der Waals surface area contributed by atoms with E-state index in [4.69, 9.17) is 4.74 Å². The van der Waals surface area contributed by atoms with E-state index >= 15 is 0 Å². The van der Waals surface area contributed by atoms with E-state index < -0.39 is 11.8 Å². The summed E-state index contributed by atoms with van der Waals surface area (Å²) in [6, 6.07) is 16.7. The standard InChI is InChI=1S/C22H21BrN4O3/c1-14-12-16(15(2)27(14)17-8-10-18(30-3)11-9-17)13-24-26-22(29)21(28)25-20-7-5-4-6-19(20)23/h4-13H,1-3H3,(H,25,28)(H,26,29)/b24-13-. The molecule has 0 saturated carbocycles. The van der Waals surface area contributed by atoms with Crippen LogP contribution in [-0.2, 0) is 9.59 Å². The summed E-state index contributed by atoms with van der Waals surface area (Å²) in [4.78, 5) is 24.1. The number of nitrogens with zero attached hydrogens (tertiary/aromatic N) is 2. The van der Waals surface area contributed by atoms with Crippen LogP contribution in [0.1, 0.15) is 17.0 Å². The van der Waals surface area contributed by atoms with Crippen LogP contribution in [0, 0.1) is 13.8 Å². The van der Waals surface area contributed by atoms with Crippen molar-refractivity contribution in [2.75, 3.05) is 12.4 Å². The average molecular weight is 469 g/mol. The number of methoxy groups -OCH3 is 1. The van der Waals surface area contributed by atoms with E-state index in [0.29, 0.717) is 10.2 Å². The summed E-state index contributed by atoms with van der Waals surface area (Å²) in [6.07, 6.45) is 1.52. The first-order valence-corrected chi connectivity index (χ1v) is 9.92. The summed E-state index contributed by atoms with van der Waals surface area (Å²) < 4.78 is 7.96. The lowest BCUT2D eigenvalue weighted by Crippen LogP contribution is -2.32. The van der Waals surface area contributed by atoms with Gasteiger partial charge in [-0.3, -0.25) is 9.59 Å².